The highest BCUT2D eigenvalue weighted by Gasteiger charge is 2.11. The van der Waals surface area contributed by atoms with Crippen LogP contribution in [0.15, 0.2) is 54.9 Å². The summed E-state index contributed by atoms with van der Waals surface area (Å²) in [6.45, 7) is 0.560. The van der Waals surface area contributed by atoms with Crippen LogP contribution in [0.2, 0.25) is 0 Å². The second-order valence-electron chi connectivity index (χ2n) is 5.83. The summed E-state index contributed by atoms with van der Waals surface area (Å²) in [5.41, 5.74) is 8.69. The highest BCUT2D eigenvalue weighted by Crippen LogP contribution is 2.21. The number of aryl methyl sites for hydroxylation is 1. The zero-order valence-corrected chi connectivity index (χ0v) is 13.8. The van der Waals surface area contributed by atoms with Crippen LogP contribution in [0.25, 0.3) is 17.0 Å². The number of nitrogens with zero attached hydrogens (tertiary/aromatic N) is 3. The Kier molecular flexibility index (Phi) is 4.33. The van der Waals surface area contributed by atoms with Crippen LogP contribution in [0.1, 0.15) is 11.1 Å². The van der Waals surface area contributed by atoms with E-state index in [0.717, 1.165) is 16.6 Å². The number of nitrogen functional groups attached to an aromatic ring is 1. The molecule has 3 rings (SSSR count). The van der Waals surface area contributed by atoms with Gasteiger partial charge in [-0.25, -0.2) is 4.98 Å². The molecule has 0 radical (unpaired) electrons. The van der Waals surface area contributed by atoms with Crippen molar-refractivity contribution in [2.45, 2.75) is 6.54 Å². The first-order chi connectivity index (χ1) is 11.5. The Morgan fingerprint density at radius 1 is 1.29 bits per heavy atom. The topological polar surface area (TPSA) is 64.2 Å². The maximum Gasteiger partial charge on any atom is 0.246 e. The van der Waals surface area contributed by atoms with Crippen LogP contribution in [-0.4, -0.2) is 27.4 Å². The minimum absolute atomic E-state index is 0.0558. The molecule has 0 spiro atoms. The lowest BCUT2D eigenvalue weighted by Gasteiger charge is -2.14. The average Bonchev–Trinajstić information content (AvgIpc) is 2.90. The number of benzene rings is 1. The summed E-state index contributed by atoms with van der Waals surface area (Å²) >= 11 is 0. The Morgan fingerprint density at radius 3 is 2.83 bits per heavy atom. The van der Waals surface area contributed by atoms with Gasteiger partial charge >= 0.3 is 0 Å². The quantitative estimate of drug-likeness (QED) is 0.752. The third-order valence-electron chi connectivity index (χ3n) is 3.99. The van der Waals surface area contributed by atoms with Gasteiger partial charge < -0.3 is 15.2 Å². The van der Waals surface area contributed by atoms with Gasteiger partial charge in [0.25, 0.3) is 0 Å². The molecule has 2 aromatic heterocycles. The van der Waals surface area contributed by atoms with Gasteiger partial charge in [0.1, 0.15) is 5.82 Å². The van der Waals surface area contributed by atoms with Crippen molar-refractivity contribution in [3.8, 4) is 0 Å². The second-order valence-corrected chi connectivity index (χ2v) is 5.83. The number of hydrogen-bond acceptors (Lipinski definition) is 3. The van der Waals surface area contributed by atoms with Crippen molar-refractivity contribution in [1.82, 2.24) is 14.5 Å². The third-order valence-corrected chi connectivity index (χ3v) is 3.99. The van der Waals surface area contributed by atoms with Crippen LogP contribution in [0.5, 0.6) is 0 Å². The summed E-state index contributed by atoms with van der Waals surface area (Å²) in [6, 6.07) is 11.7. The Morgan fingerprint density at radius 2 is 2.08 bits per heavy atom. The van der Waals surface area contributed by atoms with Crippen molar-refractivity contribution >= 4 is 28.7 Å². The van der Waals surface area contributed by atoms with Gasteiger partial charge in [-0.2, -0.15) is 0 Å². The second kappa shape index (κ2) is 6.58. The standard InChI is InChI=1S/C19H20N4O/c1-22-12-15(16-5-3-4-6-17(16)22)13-23(2)19(24)10-8-14-7-9-18(20)21-11-14/h3-12H,13H2,1-2H3,(H2,20,21)/b10-8+. The molecule has 3 aromatic rings. The number of amides is 1. The minimum Gasteiger partial charge on any atom is -0.384 e. The van der Waals surface area contributed by atoms with E-state index in [9.17, 15) is 4.79 Å². The molecule has 122 valence electrons. The van der Waals surface area contributed by atoms with E-state index in [1.54, 1.807) is 36.4 Å². The van der Waals surface area contributed by atoms with Gasteiger partial charge in [0.2, 0.25) is 5.91 Å². The van der Waals surface area contributed by atoms with E-state index < -0.39 is 0 Å². The fraction of sp³-hybridized carbons (Fsp3) is 0.158. The van der Waals surface area contributed by atoms with Gasteiger partial charge in [-0.3, -0.25) is 4.79 Å². The van der Waals surface area contributed by atoms with Gasteiger partial charge in [0.15, 0.2) is 0 Å². The first kappa shape index (κ1) is 15.8. The monoisotopic (exact) mass is 320 g/mol. The molecule has 0 aliphatic heterocycles. The number of fused-ring (bicyclic) bond motifs is 1. The van der Waals surface area contributed by atoms with E-state index in [2.05, 4.69) is 27.9 Å². The van der Waals surface area contributed by atoms with Crippen LogP contribution in [0, 0.1) is 0 Å². The predicted octanol–water partition coefficient (Wildman–Crippen LogP) is 2.83. The summed E-state index contributed by atoms with van der Waals surface area (Å²) in [6.07, 6.45) is 7.01. The van der Waals surface area contributed by atoms with Crippen molar-refractivity contribution in [1.29, 1.82) is 0 Å². The van der Waals surface area contributed by atoms with Gasteiger partial charge in [-0.05, 0) is 35.4 Å². The molecule has 0 unspecified atom stereocenters. The Balaban J connectivity index is 1.72. The number of nitrogens with two attached hydrogens (primary N) is 1. The van der Waals surface area contributed by atoms with Gasteiger partial charge in [-0.15, -0.1) is 0 Å². The van der Waals surface area contributed by atoms with Crippen LogP contribution in [0.3, 0.4) is 0 Å². The number of para-hydroxylation sites is 1. The molecule has 2 heterocycles. The first-order valence-corrected chi connectivity index (χ1v) is 7.72. The van der Waals surface area contributed by atoms with E-state index in [0.29, 0.717) is 12.4 Å². The largest absolute Gasteiger partial charge is 0.384 e. The van der Waals surface area contributed by atoms with Crippen molar-refractivity contribution in [2.24, 2.45) is 7.05 Å². The number of carbonyl (C=O) groups excluding carboxylic acids is 1. The summed E-state index contributed by atoms with van der Waals surface area (Å²) in [5.74, 6) is 0.409. The van der Waals surface area contributed by atoms with Crippen molar-refractivity contribution in [3.63, 3.8) is 0 Å². The number of pyridine rings is 1. The molecule has 0 fully saturated rings. The Hall–Kier alpha value is -3.08. The molecular formula is C19H20N4O. The lowest BCUT2D eigenvalue weighted by Crippen LogP contribution is -2.24. The zero-order valence-electron chi connectivity index (χ0n) is 13.8. The molecule has 1 amide bonds. The number of rotatable bonds is 4. The number of hydrogen-bond donors (Lipinski definition) is 1. The van der Waals surface area contributed by atoms with Gasteiger partial charge in [-0.1, -0.05) is 18.2 Å². The SMILES string of the molecule is CN(Cc1cn(C)c2ccccc12)C(=O)/C=C/c1ccc(N)nc1. The molecule has 5 heteroatoms. The Bertz CT molecular complexity index is 893. The van der Waals surface area contributed by atoms with Crippen molar-refractivity contribution in [2.75, 3.05) is 12.8 Å². The number of carbonyl (C=O) groups is 1. The van der Waals surface area contributed by atoms with Crippen LogP contribution in [-0.2, 0) is 18.4 Å². The van der Waals surface area contributed by atoms with Crippen LogP contribution >= 0.6 is 0 Å². The van der Waals surface area contributed by atoms with Gasteiger partial charge in [0, 0.05) is 50.0 Å². The van der Waals surface area contributed by atoms with E-state index in [1.807, 2.05) is 25.2 Å². The number of likely N-dealkylation sites (N-methyl/N-ethyl adjacent to an activating group) is 1. The lowest BCUT2D eigenvalue weighted by molar-refractivity contribution is -0.125. The molecule has 0 saturated heterocycles. The van der Waals surface area contributed by atoms with Gasteiger partial charge in [0.05, 0.1) is 0 Å². The Labute approximate surface area is 141 Å². The molecular weight excluding hydrogens is 300 g/mol. The molecule has 24 heavy (non-hydrogen) atoms. The average molecular weight is 320 g/mol. The summed E-state index contributed by atoms with van der Waals surface area (Å²) in [5, 5.41) is 1.17. The summed E-state index contributed by atoms with van der Waals surface area (Å²) < 4.78 is 2.08. The number of aromatic nitrogens is 2. The normalized spacial score (nSPS) is 11.2. The molecule has 0 atom stereocenters. The summed E-state index contributed by atoms with van der Waals surface area (Å²) in [4.78, 5) is 18.0. The molecule has 1 aromatic carbocycles. The maximum absolute atomic E-state index is 12.3. The van der Waals surface area contributed by atoms with E-state index in [-0.39, 0.29) is 5.91 Å². The van der Waals surface area contributed by atoms with Crippen molar-refractivity contribution < 1.29 is 4.79 Å². The maximum atomic E-state index is 12.3. The first-order valence-electron chi connectivity index (χ1n) is 7.72. The molecule has 0 aliphatic carbocycles. The smallest absolute Gasteiger partial charge is 0.246 e. The molecule has 5 nitrogen and oxygen atoms in total. The van der Waals surface area contributed by atoms with E-state index in [1.165, 1.54) is 5.39 Å². The lowest BCUT2D eigenvalue weighted by atomic mass is 10.1. The minimum atomic E-state index is -0.0558. The van der Waals surface area contributed by atoms with Crippen LogP contribution in [0.4, 0.5) is 5.82 Å². The highest BCUT2D eigenvalue weighted by molar-refractivity contribution is 5.92. The molecule has 0 aliphatic rings. The zero-order chi connectivity index (χ0) is 17.1. The van der Waals surface area contributed by atoms with E-state index in [4.69, 9.17) is 5.73 Å². The number of anilines is 1. The van der Waals surface area contributed by atoms with Crippen molar-refractivity contribution in [3.05, 3.63) is 66.0 Å². The third kappa shape index (κ3) is 3.30. The fourth-order valence-electron chi connectivity index (χ4n) is 2.70. The van der Waals surface area contributed by atoms with Crippen LogP contribution < -0.4 is 5.73 Å². The molecule has 0 bridgehead atoms. The summed E-state index contributed by atoms with van der Waals surface area (Å²) in [7, 11) is 3.82. The molecule has 0 saturated carbocycles. The molecule has 2 N–H and O–H groups in total. The highest BCUT2D eigenvalue weighted by atomic mass is 16.2. The fourth-order valence-corrected chi connectivity index (χ4v) is 2.70. The predicted molar refractivity (Wildman–Crippen MR) is 97.1 cm³/mol. The van der Waals surface area contributed by atoms with E-state index >= 15 is 0 Å².